The molecule has 1 heterocycles. The van der Waals surface area contributed by atoms with Gasteiger partial charge in [0.1, 0.15) is 0 Å². The van der Waals surface area contributed by atoms with Crippen molar-refractivity contribution in [3.63, 3.8) is 0 Å². The number of rotatable bonds is 1. The van der Waals surface area contributed by atoms with E-state index < -0.39 is 0 Å². The monoisotopic (exact) mass is 144 g/mol. The number of halogens is 1. The lowest BCUT2D eigenvalue weighted by molar-refractivity contribution is 0.0318. The summed E-state index contributed by atoms with van der Waals surface area (Å²) in [6.07, 6.45) is 2.18. The molecule has 0 aromatic heterocycles. The Kier molecular flexibility index (Phi) is 2.40. The topological polar surface area (TPSA) is 6.48 Å². The van der Waals surface area contributed by atoms with Gasteiger partial charge >= 0.3 is 0 Å². The first-order chi connectivity index (χ1) is 4.70. The fourth-order valence-corrected chi connectivity index (χ4v) is 0.997. The third-order valence-corrected chi connectivity index (χ3v) is 1.70. The van der Waals surface area contributed by atoms with Crippen molar-refractivity contribution in [2.45, 2.75) is 6.42 Å². The van der Waals surface area contributed by atoms with E-state index in [4.69, 9.17) is 0 Å². The summed E-state index contributed by atoms with van der Waals surface area (Å²) in [5, 5.41) is 4.08. The molecule has 0 saturated carbocycles. The third kappa shape index (κ3) is 1.78. The van der Waals surface area contributed by atoms with E-state index in [0.717, 1.165) is 6.54 Å². The van der Waals surface area contributed by atoms with E-state index in [9.17, 15) is 4.39 Å². The maximum Gasteiger partial charge on any atom is 0.0986 e. The average molecular weight is 144 g/mol. The molecule has 0 aromatic rings. The fourth-order valence-electron chi connectivity index (χ4n) is 0.997. The Bertz CT molecular complexity index is 143. The van der Waals surface area contributed by atoms with Gasteiger partial charge in [0.25, 0.3) is 0 Å². The minimum absolute atomic E-state index is 0.0260. The van der Waals surface area contributed by atoms with Gasteiger partial charge in [0, 0.05) is 33.6 Å². The van der Waals surface area contributed by atoms with E-state index >= 15 is 0 Å². The minimum atomic E-state index is 0.0260. The van der Waals surface area contributed by atoms with Crippen LogP contribution in [0.15, 0.2) is 11.9 Å². The lowest BCUT2D eigenvalue weighted by atomic mass is 10.3. The van der Waals surface area contributed by atoms with Gasteiger partial charge in [0.05, 0.1) is 5.83 Å². The first-order valence-electron chi connectivity index (χ1n) is 3.47. The Balaban J connectivity index is 2.42. The lowest BCUT2D eigenvalue weighted by Crippen LogP contribution is -2.39. The van der Waals surface area contributed by atoms with Gasteiger partial charge < -0.3 is 0 Å². The van der Waals surface area contributed by atoms with Crippen LogP contribution >= 0.6 is 0 Å². The van der Waals surface area contributed by atoms with Gasteiger partial charge in [-0.2, -0.15) is 0 Å². The normalized spacial score (nSPS) is 21.4. The zero-order valence-corrected chi connectivity index (χ0v) is 6.47. The molecule has 0 unspecified atom stereocenters. The predicted molar refractivity (Wildman–Crippen MR) is 39.1 cm³/mol. The van der Waals surface area contributed by atoms with E-state index in [0.29, 0.717) is 13.0 Å². The maximum absolute atomic E-state index is 12.4. The van der Waals surface area contributed by atoms with Crippen molar-refractivity contribution in [3.8, 4) is 0 Å². The number of nitrogens with zero attached hydrogens (tertiary/aromatic N) is 2. The standard InChI is InChI=1S/C7H13FN2/c1-9(2)10-5-3-7(8)4-6-10/h3H,4-6H2,1-2H3. The zero-order valence-electron chi connectivity index (χ0n) is 6.47. The second kappa shape index (κ2) is 3.12. The van der Waals surface area contributed by atoms with Gasteiger partial charge in [-0.1, -0.05) is 0 Å². The Labute approximate surface area is 60.9 Å². The average Bonchev–Trinajstić information content (AvgIpc) is 1.88. The van der Waals surface area contributed by atoms with Crippen molar-refractivity contribution < 1.29 is 4.39 Å². The Hall–Kier alpha value is -0.410. The predicted octanol–water partition coefficient (Wildman–Crippen LogP) is 1.02. The van der Waals surface area contributed by atoms with Crippen LogP contribution in [0.2, 0.25) is 0 Å². The number of hydrogen-bond acceptors (Lipinski definition) is 2. The third-order valence-electron chi connectivity index (χ3n) is 1.70. The van der Waals surface area contributed by atoms with Crippen molar-refractivity contribution in [2.24, 2.45) is 0 Å². The maximum atomic E-state index is 12.4. The van der Waals surface area contributed by atoms with Crippen LogP contribution in [0.4, 0.5) is 4.39 Å². The molecule has 0 aromatic carbocycles. The van der Waals surface area contributed by atoms with Gasteiger partial charge in [-0.25, -0.2) is 14.4 Å². The first kappa shape index (κ1) is 7.69. The molecular formula is C7H13FN2. The molecule has 1 aliphatic rings. The molecule has 0 N–H and O–H groups in total. The van der Waals surface area contributed by atoms with Crippen molar-refractivity contribution in [2.75, 3.05) is 27.2 Å². The molecule has 0 atom stereocenters. The van der Waals surface area contributed by atoms with Crippen LogP contribution in [0, 0.1) is 0 Å². The smallest absolute Gasteiger partial charge is 0.0986 e. The molecular weight excluding hydrogens is 131 g/mol. The van der Waals surface area contributed by atoms with Crippen molar-refractivity contribution >= 4 is 0 Å². The number of hydrogen-bond donors (Lipinski definition) is 0. The Morgan fingerprint density at radius 2 is 2.30 bits per heavy atom. The Morgan fingerprint density at radius 3 is 2.70 bits per heavy atom. The second-order valence-electron chi connectivity index (χ2n) is 2.66. The molecule has 0 radical (unpaired) electrons. The molecule has 3 heteroatoms. The van der Waals surface area contributed by atoms with E-state index in [2.05, 4.69) is 5.01 Å². The summed E-state index contributed by atoms with van der Waals surface area (Å²) in [4.78, 5) is 0. The highest BCUT2D eigenvalue weighted by Gasteiger charge is 2.11. The summed E-state index contributed by atoms with van der Waals surface area (Å²) in [6, 6.07) is 0. The Morgan fingerprint density at radius 1 is 1.60 bits per heavy atom. The second-order valence-corrected chi connectivity index (χ2v) is 2.66. The summed E-state index contributed by atoms with van der Waals surface area (Å²) in [6.45, 7) is 1.51. The van der Waals surface area contributed by atoms with Gasteiger partial charge in [0.15, 0.2) is 0 Å². The van der Waals surface area contributed by atoms with Crippen molar-refractivity contribution in [3.05, 3.63) is 11.9 Å². The largest absolute Gasteiger partial charge is 0.248 e. The minimum Gasteiger partial charge on any atom is -0.248 e. The quantitative estimate of drug-likeness (QED) is 0.542. The molecule has 58 valence electrons. The molecule has 1 rings (SSSR count). The van der Waals surface area contributed by atoms with Gasteiger partial charge in [-0.15, -0.1) is 0 Å². The summed E-state index contributed by atoms with van der Waals surface area (Å²) in [5.41, 5.74) is 0. The molecule has 10 heavy (non-hydrogen) atoms. The van der Waals surface area contributed by atoms with Crippen LogP contribution in [0.1, 0.15) is 6.42 Å². The van der Waals surface area contributed by atoms with Gasteiger partial charge in [0.2, 0.25) is 0 Å². The SMILES string of the molecule is CN(C)N1CC=C(F)CC1. The van der Waals surface area contributed by atoms with Crippen molar-refractivity contribution in [1.29, 1.82) is 0 Å². The van der Waals surface area contributed by atoms with E-state index in [1.54, 1.807) is 6.08 Å². The molecule has 0 saturated heterocycles. The van der Waals surface area contributed by atoms with Crippen LogP contribution in [-0.4, -0.2) is 37.2 Å². The van der Waals surface area contributed by atoms with E-state index in [-0.39, 0.29) is 5.83 Å². The summed E-state index contributed by atoms with van der Waals surface area (Å²) in [5.74, 6) is 0.0260. The van der Waals surface area contributed by atoms with E-state index in [1.807, 2.05) is 19.1 Å². The molecule has 0 aliphatic carbocycles. The number of hydrazine groups is 1. The summed E-state index contributed by atoms with van der Waals surface area (Å²) >= 11 is 0. The fraction of sp³-hybridized carbons (Fsp3) is 0.714. The highest BCUT2D eigenvalue weighted by atomic mass is 19.1. The first-order valence-corrected chi connectivity index (χ1v) is 3.47. The molecule has 0 fully saturated rings. The highest BCUT2D eigenvalue weighted by Crippen LogP contribution is 2.11. The molecule has 0 bridgehead atoms. The van der Waals surface area contributed by atoms with E-state index in [1.165, 1.54) is 0 Å². The molecule has 0 amide bonds. The molecule has 2 nitrogen and oxygen atoms in total. The van der Waals surface area contributed by atoms with Crippen LogP contribution in [0.3, 0.4) is 0 Å². The summed E-state index contributed by atoms with van der Waals surface area (Å²) in [7, 11) is 3.94. The van der Waals surface area contributed by atoms with Crippen LogP contribution in [0.5, 0.6) is 0 Å². The summed E-state index contributed by atoms with van der Waals surface area (Å²) < 4.78 is 12.4. The van der Waals surface area contributed by atoms with Crippen LogP contribution in [0.25, 0.3) is 0 Å². The molecule has 0 spiro atoms. The van der Waals surface area contributed by atoms with Crippen LogP contribution in [-0.2, 0) is 0 Å². The molecule has 1 aliphatic heterocycles. The van der Waals surface area contributed by atoms with Crippen molar-refractivity contribution in [1.82, 2.24) is 10.0 Å². The zero-order chi connectivity index (χ0) is 7.56. The van der Waals surface area contributed by atoms with Crippen LogP contribution < -0.4 is 0 Å². The lowest BCUT2D eigenvalue weighted by Gasteiger charge is -2.29. The van der Waals surface area contributed by atoms with Gasteiger partial charge in [-0.05, 0) is 6.08 Å². The van der Waals surface area contributed by atoms with Gasteiger partial charge in [-0.3, -0.25) is 0 Å². The highest BCUT2D eigenvalue weighted by molar-refractivity contribution is 4.97.